The van der Waals surface area contributed by atoms with Crippen LogP contribution in [0.25, 0.3) is 32.8 Å². The zero-order chi connectivity index (χ0) is 24.1. The first-order valence-corrected chi connectivity index (χ1v) is 10.7. The maximum absolute atomic E-state index is 14.9. The molecule has 4 aromatic rings. The third-order valence-corrected chi connectivity index (χ3v) is 6.07. The van der Waals surface area contributed by atoms with Gasteiger partial charge in [-0.2, -0.15) is 5.10 Å². The van der Waals surface area contributed by atoms with E-state index in [1.807, 2.05) is 0 Å². The molecule has 8 nitrogen and oxygen atoms in total. The number of benzene rings is 2. The van der Waals surface area contributed by atoms with E-state index in [1.165, 1.54) is 22.9 Å². The first-order valence-electron chi connectivity index (χ1n) is 10.7. The fourth-order valence-electron chi connectivity index (χ4n) is 4.40. The zero-order valence-corrected chi connectivity index (χ0v) is 18.6. The highest BCUT2D eigenvalue weighted by Gasteiger charge is 2.30. The summed E-state index contributed by atoms with van der Waals surface area (Å²) >= 11 is 0. The van der Waals surface area contributed by atoms with Crippen molar-refractivity contribution in [2.24, 2.45) is 12.8 Å². The number of aryl methyl sites for hydroxylation is 1. The largest absolute Gasteiger partial charge is 0.336 e. The summed E-state index contributed by atoms with van der Waals surface area (Å²) in [7, 11) is 1.70. The SMILES string of the molecule is [C-]#[N+]c1ccc(-c2nc(C(=O)N3CC[C@H](N)C3)c(C)n2-c2cc(F)c3nn(C)cc3c2)cc1F. The van der Waals surface area contributed by atoms with Gasteiger partial charge in [0.05, 0.1) is 18.0 Å². The van der Waals surface area contributed by atoms with Gasteiger partial charge in [0.1, 0.15) is 22.9 Å². The van der Waals surface area contributed by atoms with Crippen LogP contribution < -0.4 is 5.73 Å². The number of nitrogens with two attached hydrogens (primary N) is 1. The van der Waals surface area contributed by atoms with Gasteiger partial charge in [0.25, 0.3) is 5.91 Å². The van der Waals surface area contributed by atoms with Crippen LogP contribution in [0.2, 0.25) is 0 Å². The maximum atomic E-state index is 14.9. The van der Waals surface area contributed by atoms with E-state index in [-0.39, 0.29) is 34.7 Å². The van der Waals surface area contributed by atoms with Gasteiger partial charge in [0, 0.05) is 49.4 Å². The topological polar surface area (TPSA) is 86.3 Å². The minimum Gasteiger partial charge on any atom is -0.336 e. The molecule has 34 heavy (non-hydrogen) atoms. The summed E-state index contributed by atoms with van der Waals surface area (Å²) in [6.07, 6.45) is 2.39. The molecule has 5 rings (SSSR count). The third-order valence-electron chi connectivity index (χ3n) is 6.07. The van der Waals surface area contributed by atoms with Crippen LogP contribution in [-0.4, -0.2) is 49.3 Å². The molecular weight excluding hydrogens is 440 g/mol. The number of amides is 1. The molecule has 0 unspecified atom stereocenters. The summed E-state index contributed by atoms with van der Waals surface area (Å²) in [5.74, 6) is -1.25. The molecule has 172 valence electrons. The van der Waals surface area contributed by atoms with Gasteiger partial charge in [0.2, 0.25) is 5.69 Å². The van der Waals surface area contributed by atoms with Crippen molar-refractivity contribution in [1.82, 2.24) is 24.2 Å². The molecule has 2 N–H and O–H groups in total. The van der Waals surface area contributed by atoms with E-state index in [9.17, 15) is 13.6 Å². The summed E-state index contributed by atoms with van der Waals surface area (Å²) in [6, 6.07) is 7.09. The van der Waals surface area contributed by atoms with Crippen LogP contribution in [0, 0.1) is 25.1 Å². The Bertz CT molecular complexity index is 1500. The summed E-state index contributed by atoms with van der Waals surface area (Å²) in [5, 5.41) is 4.71. The van der Waals surface area contributed by atoms with E-state index in [1.54, 1.807) is 41.8 Å². The first kappa shape index (κ1) is 21.7. The van der Waals surface area contributed by atoms with Gasteiger partial charge >= 0.3 is 0 Å². The summed E-state index contributed by atoms with van der Waals surface area (Å²) in [4.78, 5) is 22.7. The Morgan fingerprint density at radius 1 is 1.24 bits per heavy atom. The van der Waals surface area contributed by atoms with Crippen LogP contribution in [0.5, 0.6) is 0 Å². The fourth-order valence-corrected chi connectivity index (χ4v) is 4.40. The van der Waals surface area contributed by atoms with Gasteiger partial charge in [-0.3, -0.25) is 14.0 Å². The molecule has 3 heterocycles. The second-order valence-corrected chi connectivity index (χ2v) is 8.45. The Hall–Kier alpha value is -4.10. The van der Waals surface area contributed by atoms with Crippen LogP contribution in [-0.2, 0) is 7.05 Å². The lowest BCUT2D eigenvalue weighted by Gasteiger charge is -2.15. The van der Waals surface area contributed by atoms with Crippen LogP contribution in [0.3, 0.4) is 0 Å². The van der Waals surface area contributed by atoms with E-state index in [2.05, 4.69) is 14.9 Å². The molecule has 1 aliphatic heterocycles. The van der Waals surface area contributed by atoms with Crippen molar-refractivity contribution >= 4 is 22.5 Å². The Labute approximate surface area is 194 Å². The average Bonchev–Trinajstić information content (AvgIpc) is 3.49. The fraction of sp³-hybridized carbons (Fsp3) is 0.250. The van der Waals surface area contributed by atoms with Gasteiger partial charge in [-0.05, 0) is 25.5 Å². The van der Waals surface area contributed by atoms with Crippen molar-refractivity contribution in [2.75, 3.05) is 13.1 Å². The van der Waals surface area contributed by atoms with Crippen molar-refractivity contribution in [3.05, 3.63) is 71.0 Å². The predicted octanol–water partition coefficient (Wildman–Crippen LogP) is 3.74. The minimum atomic E-state index is -0.702. The molecule has 0 bridgehead atoms. The number of aromatic nitrogens is 4. The van der Waals surface area contributed by atoms with E-state index in [4.69, 9.17) is 12.3 Å². The van der Waals surface area contributed by atoms with Crippen molar-refractivity contribution in [3.63, 3.8) is 0 Å². The standard InChI is InChI=1S/C24H21F2N7O/c1-13-21(24(34)32-7-6-16(27)12-32)29-23(14-4-5-20(28-2)18(25)9-14)33(13)17-8-15-11-31(3)30-22(15)19(26)10-17/h4-5,8-11,16H,6-7,12,27H2,1,3H3/t16-/m0/s1. The second-order valence-electron chi connectivity index (χ2n) is 8.45. The van der Waals surface area contributed by atoms with Gasteiger partial charge in [-0.25, -0.2) is 18.6 Å². The van der Waals surface area contributed by atoms with E-state index < -0.39 is 11.6 Å². The lowest BCUT2D eigenvalue weighted by atomic mass is 10.1. The first-order chi connectivity index (χ1) is 16.3. The van der Waals surface area contributed by atoms with Crippen LogP contribution >= 0.6 is 0 Å². The number of imidazole rings is 1. The Kier molecular flexibility index (Phi) is 5.14. The van der Waals surface area contributed by atoms with Crippen molar-refractivity contribution in [2.45, 2.75) is 19.4 Å². The van der Waals surface area contributed by atoms with Gasteiger partial charge in [0.15, 0.2) is 5.82 Å². The monoisotopic (exact) mass is 461 g/mol. The van der Waals surface area contributed by atoms with Crippen LogP contribution in [0.4, 0.5) is 14.5 Å². The van der Waals surface area contributed by atoms with Crippen LogP contribution in [0.15, 0.2) is 36.5 Å². The van der Waals surface area contributed by atoms with E-state index >= 15 is 0 Å². The zero-order valence-electron chi connectivity index (χ0n) is 18.6. The Morgan fingerprint density at radius 2 is 2.03 bits per heavy atom. The molecule has 10 heteroatoms. The summed E-state index contributed by atoms with van der Waals surface area (Å²) in [6.45, 7) is 9.76. The Balaban J connectivity index is 1.72. The second kappa shape index (κ2) is 8.04. The molecule has 0 spiro atoms. The highest BCUT2D eigenvalue weighted by atomic mass is 19.1. The molecule has 1 saturated heterocycles. The van der Waals surface area contributed by atoms with Crippen molar-refractivity contribution < 1.29 is 13.6 Å². The number of likely N-dealkylation sites (tertiary alicyclic amines) is 1. The van der Waals surface area contributed by atoms with Gasteiger partial charge in [-0.15, -0.1) is 0 Å². The van der Waals surface area contributed by atoms with E-state index in [0.717, 1.165) is 0 Å². The maximum Gasteiger partial charge on any atom is 0.274 e. The van der Waals surface area contributed by atoms with Gasteiger partial charge in [-0.1, -0.05) is 12.1 Å². The summed E-state index contributed by atoms with van der Waals surface area (Å²) in [5.41, 5.74) is 7.53. The summed E-state index contributed by atoms with van der Waals surface area (Å²) < 4.78 is 32.6. The van der Waals surface area contributed by atoms with Crippen molar-refractivity contribution in [1.29, 1.82) is 0 Å². The number of carbonyl (C=O) groups is 1. The molecule has 2 aromatic carbocycles. The molecule has 0 aliphatic carbocycles. The molecule has 0 saturated carbocycles. The average molecular weight is 461 g/mol. The molecule has 2 aromatic heterocycles. The predicted molar refractivity (Wildman–Crippen MR) is 123 cm³/mol. The van der Waals surface area contributed by atoms with Gasteiger partial charge < -0.3 is 10.6 Å². The highest BCUT2D eigenvalue weighted by Crippen LogP contribution is 2.32. The smallest absolute Gasteiger partial charge is 0.274 e. The number of carbonyl (C=O) groups excluding carboxylic acids is 1. The Morgan fingerprint density at radius 3 is 2.71 bits per heavy atom. The number of fused-ring (bicyclic) bond motifs is 1. The van der Waals surface area contributed by atoms with E-state index in [0.29, 0.717) is 41.8 Å². The number of hydrogen-bond donors (Lipinski definition) is 1. The molecule has 1 aliphatic rings. The third kappa shape index (κ3) is 3.50. The van der Waals surface area contributed by atoms with Crippen LogP contribution in [0.1, 0.15) is 22.6 Å². The number of rotatable bonds is 3. The minimum absolute atomic E-state index is 0.0943. The number of halogens is 2. The molecule has 0 radical (unpaired) electrons. The molecule has 1 fully saturated rings. The highest BCUT2D eigenvalue weighted by molar-refractivity contribution is 5.95. The molecule has 1 amide bonds. The lowest BCUT2D eigenvalue weighted by molar-refractivity contribution is 0.0785. The number of hydrogen-bond acceptors (Lipinski definition) is 4. The normalized spacial score (nSPS) is 15.8. The lowest BCUT2D eigenvalue weighted by Crippen LogP contribution is -2.32. The molecule has 1 atom stereocenters. The number of nitrogens with zero attached hydrogens (tertiary/aromatic N) is 6. The quantitative estimate of drug-likeness (QED) is 0.471. The van der Waals surface area contributed by atoms with Crippen molar-refractivity contribution in [3.8, 4) is 17.1 Å². The molecular formula is C24H21F2N7O.